The van der Waals surface area contributed by atoms with Crippen LogP contribution in [0.25, 0.3) is 10.9 Å². The number of amides is 1. The van der Waals surface area contributed by atoms with E-state index in [0.717, 1.165) is 51.0 Å². The highest BCUT2D eigenvalue weighted by Crippen LogP contribution is 2.31. The van der Waals surface area contributed by atoms with Crippen molar-refractivity contribution in [1.82, 2.24) is 15.2 Å². The largest absolute Gasteiger partial charge is 0.356 e. The highest BCUT2D eigenvalue weighted by molar-refractivity contribution is 5.83. The van der Waals surface area contributed by atoms with Gasteiger partial charge in [0.1, 0.15) is 0 Å². The molecule has 1 saturated heterocycles. The van der Waals surface area contributed by atoms with E-state index in [0.29, 0.717) is 0 Å². The quantitative estimate of drug-likeness (QED) is 0.917. The number of carbonyl (C=O) groups excluding carboxylic acids is 1. The summed E-state index contributed by atoms with van der Waals surface area (Å²) in [4.78, 5) is 19.4. The second-order valence-corrected chi connectivity index (χ2v) is 7.12. The highest BCUT2D eigenvalue weighted by Gasteiger charge is 2.37. The molecule has 128 valence electrons. The van der Waals surface area contributed by atoms with Crippen molar-refractivity contribution in [2.45, 2.75) is 39.7 Å². The van der Waals surface area contributed by atoms with Crippen LogP contribution in [-0.2, 0) is 11.3 Å². The van der Waals surface area contributed by atoms with Crippen molar-refractivity contribution >= 4 is 16.8 Å². The maximum Gasteiger partial charge on any atom is 0.227 e. The summed E-state index contributed by atoms with van der Waals surface area (Å²) in [6.07, 6.45) is 4.90. The van der Waals surface area contributed by atoms with Gasteiger partial charge in [-0.05, 0) is 50.4 Å². The van der Waals surface area contributed by atoms with Gasteiger partial charge >= 0.3 is 0 Å². The molecule has 2 aromatic rings. The van der Waals surface area contributed by atoms with Crippen LogP contribution in [0.3, 0.4) is 0 Å². The lowest BCUT2D eigenvalue weighted by molar-refractivity contribution is -0.133. The number of pyridine rings is 1. The first-order valence-electron chi connectivity index (χ1n) is 8.96. The summed E-state index contributed by atoms with van der Waals surface area (Å²) in [6.45, 7) is 7.70. The molecule has 1 atom stereocenters. The van der Waals surface area contributed by atoms with Crippen molar-refractivity contribution in [2.75, 3.05) is 19.6 Å². The van der Waals surface area contributed by atoms with Gasteiger partial charge in [-0.2, -0.15) is 0 Å². The van der Waals surface area contributed by atoms with Gasteiger partial charge in [0.25, 0.3) is 0 Å². The lowest BCUT2D eigenvalue weighted by Crippen LogP contribution is -2.50. The Morgan fingerprint density at radius 1 is 1.33 bits per heavy atom. The molecule has 0 aliphatic carbocycles. The van der Waals surface area contributed by atoms with Crippen LogP contribution in [0.1, 0.15) is 38.7 Å². The third kappa shape index (κ3) is 3.59. The normalized spacial score (nSPS) is 21.8. The van der Waals surface area contributed by atoms with Crippen molar-refractivity contribution in [3.8, 4) is 0 Å². The van der Waals surface area contributed by atoms with Crippen LogP contribution in [0.15, 0.2) is 36.5 Å². The summed E-state index contributed by atoms with van der Waals surface area (Å²) in [5, 5.41) is 4.29. The van der Waals surface area contributed by atoms with E-state index in [9.17, 15) is 4.79 Å². The van der Waals surface area contributed by atoms with Gasteiger partial charge in [0.2, 0.25) is 5.91 Å². The minimum Gasteiger partial charge on any atom is -0.356 e. The number of likely N-dealkylation sites (tertiary alicyclic amines) is 1. The van der Waals surface area contributed by atoms with Gasteiger partial charge in [0, 0.05) is 31.2 Å². The topological polar surface area (TPSA) is 45.2 Å². The molecule has 1 aliphatic heterocycles. The number of para-hydroxylation sites is 1. The molecule has 0 bridgehead atoms. The van der Waals surface area contributed by atoms with Crippen molar-refractivity contribution in [2.24, 2.45) is 5.41 Å². The Morgan fingerprint density at radius 2 is 2.17 bits per heavy atom. The summed E-state index contributed by atoms with van der Waals surface area (Å²) >= 11 is 0. The van der Waals surface area contributed by atoms with E-state index in [2.05, 4.69) is 53.3 Å². The first-order valence-corrected chi connectivity index (χ1v) is 8.96. The summed E-state index contributed by atoms with van der Waals surface area (Å²) in [6, 6.07) is 10.4. The number of benzene rings is 1. The van der Waals surface area contributed by atoms with Gasteiger partial charge in [0.05, 0.1) is 10.9 Å². The lowest BCUT2D eigenvalue weighted by Gasteiger charge is -2.39. The molecule has 0 radical (unpaired) electrons. The number of piperidine rings is 1. The van der Waals surface area contributed by atoms with Crippen LogP contribution in [0.2, 0.25) is 0 Å². The average molecular weight is 325 g/mol. The lowest BCUT2D eigenvalue weighted by atomic mass is 9.80. The molecule has 1 aromatic heterocycles. The summed E-state index contributed by atoms with van der Waals surface area (Å²) in [7, 11) is 0. The molecule has 24 heavy (non-hydrogen) atoms. The number of nitrogens with zero attached hydrogens (tertiary/aromatic N) is 2. The first-order chi connectivity index (χ1) is 11.6. The van der Waals surface area contributed by atoms with E-state index in [1.54, 1.807) is 0 Å². The Labute approximate surface area is 144 Å². The molecule has 4 heteroatoms. The summed E-state index contributed by atoms with van der Waals surface area (Å²) in [5.41, 5.74) is 2.05. The standard InChI is InChI=1S/C20H27N3O/c1-3-11-22-19(24)20(2)10-6-13-23(15-20)14-16-9-12-21-18-8-5-4-7-17(16)18/h4-5,7-9,12H,3,6,10-11,13-15H2,1-2H3,(H,22,24). The molecular formula is C20H27N3O. The number of fused-ring (bicyclic) bond motifs is 1. The molecule has 1 fully saturated rings. The number of rotatable bonds is 5. The number of carbonyl (C=O) groups is 1. The van der Waals surface area contributed by atoms with Crippen molar-refractivity contribution in [1.29, 1.82) is 0 Å². The van der Waals surface area contributed by atoms with Gasteiger partial charge in [-0.3, -0.25) is 14.7 Å². The van der Waals surface area contributed by atoms with E-state index in [1.807, 2.05) is 12.3 Å². The van der Waals surface area contributed by atoms with E-state index >= 15 is 0 Å². The maximum absolute atomic E-state index is 12.5. The van der Waals surface area contributed by atoms with Crippen molar-refractivity contribution < 1.29 is 4.79 Å². The molecule has 4 nitrogen and oxygen atoms in total. The van der Waals surface area contributed by atoms with E-state index in [4.69, 9.17) is 0 Å². The zero-order valence-electron chi connectivity index (χ0n) is 14.7. The van der Waals surface area contributed by atoms with Crippen LogP contribution >= 0.6 is 0 Å². The zero-order valence-corrected chi connectivity index (χ0v) is 14.7. The fourth-order valence-electron chi connectivity index (χ4n) is 3.65. The second-order valence-electron chi connectivity index (χ2n) is 7.12. The molecule has 1 unspecified atom stereocenters. The van der Waals surface area contributed by atoms with Crippen LogP contribution in [0.4, 0.5) is 0 Å². The zero-order chi connectivity index (χ0) is 17.0. The molecular weight excluding hydrogens is 298 g/mol. The van der Waals surface area contributed by atoms with Crippen molar-refractivity contribution in [3.05, 3.63) is 42.1 Å². The molecule has 1 aromatic carbocycles. The Morgan fingerprint density at radius 3 is 3.00 bits per heavy atom. The highest BCUT2D eigenvalue weighted by atomic mass is 16.2. The van der Waals surface area contributed by atoms with Gasteiger partial charge in [-0.1, -0.05) is 25.1 Å². The third-order valence-corrected chi connectivity index (χ3v) is 4.99. The summed E-state index contributed by atoms with van der Waals surface area (Å²) < 4.78 is 0. The maximum atomic E-state index is 12.5. The van der Waals surface area contributed by atoms with Crippen LogP contribution in [0, 0.1) is 5.41 Å². The average Bonchev–Trinajstić information content (AvgIpc) is 2.60. The molecule has 0 spiro atoms. The minimum atomic E-state index is -0.281. The predicted molar refractivity (Wildman–Crippen MR) is 97.7 cm³/mol. The Hall–Kier alpha value is -1.94. The van der Waals surface area contributed by atoms with E-state index in [1.165, 1.54) is 10.9 Å². The Balaban J connectivity index is 1.74. The van der Waals surface area contributed by atoms with Crippen LogP contribution in [0.5, 0.6) is 0 Å². The molecule has 1 amide bonds. The monoisotopic (exact) mass is 325 g/mol. The van der Waals surface area contributed by atoms with Crippen molar-refractivity contribution in [3.63, 3.8) is 0 Å². The van der Waals surface area contributed by atoms with Gasteiger partial charge in [0.15, 0.2) is 0 Å². The van der Waals surface area contributed by atoms with E-state index < -0.39 is 0 Å². The molecule has 1 aliphatic rings. The smallest absolute Gasteiger partial charge is 0.227 e. The van der Waals surface area contributed by atoms with Crippen LogP contribution in [-0.4, -0.2) is 35.4 Å². The van der Waals surface area contributed by atoms with Gasteiger partial charge < -0.3 is 5.32 Å². The number of hydrogen-bond acceptors (Lipinski definition) is 3. The summed E-state index contributed by atoms with van der Waals surface area (Å²) in [5.74, 6) is 0.202. The number of nitrogens with one attached hydrogen (secondary N) is 1. The Bertz CT molecular complexity index is 710. The van der Waals surface area contributed by atoms with Gasteiger partial charge in [-0.15, -0.1) is 0 Å². The van der Waals surface area contributed by atoms with E-state index in [-0.39, 0.29) is 11.3 Å². The first kappa shape index (κ1) is 16.9. The number of aromatic nitrogens is 1. The second kappa shape index (κ2) is 7.31. The SMILES string of the molecule is CCCNC(=O)C1(C)CCCN(Cc2ccnc3ccccc23)C1. The van der Waals surface area contributed by atoms with Gasteiger partial charge in [-0.25, -0.2) is 0 Å². The molecule has 3 rings (SSSR count). The fourth-order valence-corrected chi connectivity index (χ4v) is 3.65. The minimum absolute atomic E-state index is 0.202. The molecule has 2 heterocycles. The Kier molecular flexibility index (Phi) is 5.14. The number of hydrogen-bond donors (Lipinski definition) is 1. The van der Waals surface area contributed by atoms with Crippen LogP contribution < -0.4 is 5.32 Å². The molecule has 1 N–H and O–H groups in total. The third-order valence-electron chi connectivity index (χ3n) is 4.99. The molecule has 0 saturated carbocycles. The predicted octanol–water partition coefficient (Wildman–Crippen LogP) is 3.36. The fraction of sp³-hybridized carbons (Fsp3) is 0.500.